The number of rotatable bonds is 8. The summed E-state index contributed by atoms with van der Waals surface area (Å²) in [6.07, 6.45) is 0.415. The molecule has 1 aliphatic heterocycles. The maximum Gasteiger partial charge on any atom is 0.255 e. The molecule has 0 N–H and O–H groups in total. The summed E-state index contributed by atoms with van der Waals surface area (Å²) in [6, 6.07) is 39.3. The highest BCUT2D eigenvalue weighted by molar-refractivity contribution is 6.32. The molecule has 1 atom stereocenters. The number of hydrogen-bond donors (Lipinski definition) is 0. The highest BCUT2D eigenvalue weighted by atomic mass is 35.5. The first-order valence-corrected chi connectivity index (χ1v) is 15.3. The summed E-state index contributed by atoms with van der Waals surface area (Å²) in [7, 11) is 3.29. The molecular formula is C39H35ClN2O3. The lowest BCUT2D eigenvalue weighted by Crippen LogP contribution is -2.49. The number of amides is 1. The summed E-state index contributed by atoms with van der Waals surface area (Å²) in [5, 5.41) is 0.567. The Hall–Kier alpha value is -4.87. The van der Waals surface area contributed by atoms with Crippen LogP contribution in [0.5, 0.6) is 11.5 Å². The van der Waals surface area contributed by atoms with Crippen LogP contribution in [0.25, 0.3) is 0 Å². The Balaban J connectivity index is 1.63. The van der Waals surface area contributed by atoms with Crippen molar-refractivity contribution in [3.8, 4) is 11.5 Å². The zero-order valence-corrected chi connectivity index (χ0v) is 26.6. The van der Waals surface area contributed by atoms with Crippen LogP contribution in [0.3, 0.4) is 0 Å². The van der Waals surface area contributed by atoms with Gasteiger partial charge in [0, 0.05) is 22.6 Å². The average Bonchev–Trinajstić information content (AvgIpc) is 3.16. The van der Waals surface area contributed by atoms with Crippen LogP contribution < -0.4 is 14.4 Å². The predicted molar refractivity (Wildman–Crippen MR) is 182 cm³/mol. The highest BCUT2D eigenvalue weighted by Crippen LogP contribution is 2.42. The molecule has 5 aromatic carbocycles. The van der Waals surface area contributed by atoms with Gasteiger partial charge in [-0.15, -0.1) is 0 Å². The van der Waals surface area contributed by atoms with Gasteiger partial charge in [0.25, 0.3) is 5.91 Å². The second-order valence-electron chi connectivity index (χ2n) is 11.5. The van der Waals surface area contributed by atoms with Crippen molar-refractivity contribution in [1.29, 1.82) is 0 Å². The van der Waals surface area contributed by atoms with Gasteiger partial charge in [0.15, 0.2) is 0 Å². The van der Waals surface area contributed by atoms with Crippen molar-refractivity contribution in [3.63, 3.8) is 0 Å². The highest BCUT2D eigenvalue weighted by Gasteiger charge is 2.44. The minimum atomic E-state index is -1.15. The number of hydrogen-bond acceptors (Lipinski definition) is 4. The molecule has 0 fully saturated rings. The van der Waals surface area contributed by atoms with E-state index < -0.39 is 11.6 Å². The van der Waals surface area contributed by atoms with E-state index in [1.54, 1.807) is 14.2 Å². The number of benzodiazepines with no additional fused rings is 1. The van der Waals surface area contributed by atoms with Crippen molar-refractivity contribution in [2.24, 2.45) is 4.99 Å². The van der Waals surface area contributed by atoms with Gasteiger partial charge >= 0.3 is 0 Å². The Bertz CT molecular complexity index is 1790. The van der Waals surface area contributed by atoms with Crippen molar-refractivity contribution in [2.45, 2.75) is 31.8 Å². The lowest BCUT2D eigenvalue weighted by molar-refractivity contribution is -0.123. The molecule has 0 bridgehead atoms. The zero-order valence-electron chi connectivity index (χ0n) is 25.8. The number of aliphatic imine (C=N–C) groups is 1. The standard InChI is InChI=1S/C39H35ClN2O3/c1-26-10-12-27(13-11-26)25-39(2)38(43)42(35-23-18-31(40)24-34(35)36(41-39)28-8-6-5-7-9-28)37(29-14-19-32(44-3)20-15-29)30-16-21-33(45-4)22-17-30/h5-24,37H,25H2,1-4H3/t39-/m1/s1. The number of ether oxygens (including phenoxy) is 2. The van der Waals surface area contributed by atoms with Crippen molar-refractivity contribution in [2.75, 3.05) is 19.1 Å². The molecule has 0 saturated heterocycles. The van der Waals surface area contributed by atoms with E-state index in [4.69, 9.17) is 26.1 Å². The first-order chi connectivity index (χ1) is 21.8. The molecule has 45 heavy (non-hydrogen) atoms. The predicted octanol–water partition coefficient (Wildman–Crippen LogP) is 8.64. The van der Waals surface area contributed by atoms with E-state index in [1.807, 2.05) is 109 Å². The Morgan fingerprint density at radius 2 is 1.36 bits per heavy atom. The summed E-state index contributed by atoms with van der Waals surface area (Å²) in [6.45, 7) is 4.00. The first-order valence-electron chi connectivity index (χ1n) is 14.9. The van der Waals surface area contributed by atoms with Crippen molar-refractivity contribution < 1.29 is 14.3 Å². The molecule has 226 valence electrons. The van der Waals surface area contributed by atoms with Crippen LogP contribution in [0, 0.1) is 6.92 Å². The molecule has 1 heterocycles. The Kier molecular flexibility index (Phi) is 8.46. The van der Waals surface area contributed by atoms with E-state index in [-0.39, 0.29) is 5.91 Å². The molecule has 5 aromatic rings. The molecule has 0 spiro atoms. The maximum absolute atomic E-state index is 15.3. The molecule has 6 rings (SSSR count). The van der Waals surface area contributed by atoms with Crippen molar-refractivity contribution in [1.82, 2.24) is 0 Å². The number of anilines is 1. The van der Waals surface area contributed by atoms with Crippen LogP contribution in [-0.4, -0.2) is 31.4 Å². The number of carbonyl (C=O) groups excluding carboxylic acids is 1. The van der Waals surface area contributed by atoms with Gasteiger partial charge in [0.05, 0.1) is 31.7 Å². The largest absolute Gasteiger partial charge is 0.497 e. The van der Waals surface area contributed by atoms with Crippen LogP contribution in [0.15, 0.2) is 126 Å². The van der Waals surface area contributed by atoms with Crippen LogP contribution in [0.2, 0.25) is 5.02 Å². The van der Waals surface area contributed by atoms with Crippen LogP contribution in [-0.2, 0) is 11.2 Å². The van der Waals surface area contributed by atoms with E-state index in [2.05, 4.69) is 31.2 Å². The normalized spacial score (nSPS) is 16.2. The Labute approximate surface area is 269 Å². The molecule has 0 saturated carbocycles. The molecule has 1 amide bonds. The molecule has 0 aliphatic carbocycles. The summed E-state index contributed by atoms with van der Waals surface area (Å²) in [4.78, 5) is 22.6. The Morgan fingerprint density at radius 3 is 1.91 bits per heavy atom. The third-order valence-electron chi connectivity index (χ3n) is 8.35. The van der Waals surface area contributed by atoms with Gasteiger partial charge in [0.1, 0.15) is 17.0 Å². The van der Waals surface area contributed by atoms with E-state index >= 15 is 4.79 Å². The summed E-state index contributed by atoms with van der Waals surface area (Å²) >= 11 is 6.68. The van der Waals surface area contributed by atoms with E-state index in [0.29, 0.717) is 11.4 Å². The first kappa shape index (κ1) is 30.2. The fraction of sp³-hybridized carbons (Fsp3) is 0.179. The summed E-state index contributed by atoms with van der Waals surface area (Å²) in [5.41, 5.74) is 6.06. The Morgan fingerprint density at radius 1 is 0.778 bits per heavy atom. The maximum atomic E-state index is 15.3. The van der Waals surface area contributed by atoms with E-state index in [0.717, 1.165) is 56.3 Å². The minimum Gasteiger partial charge on any atom is -0.497 e. The molecular weight excluding hydrogens is 580 g/mol. The second kappa shape index (κ2) is 12.6. The molecule has 0 unspecified atom stereocenters. The van der Waals surface area contributed by atoms with Gasteiger partial charge in [0.2, 0.25) is 0 Å². The van der Waals surface area contributed by atoms with Gasteiger partial charge in [-0.2, -0.15) is 0 Å². The SMILES string of the molecule is COc1ccc(C(c2ccc(OC)cc2)N2C(=O)[C@@](C)(Cc3ccc(C)cc3)N=C(c3ccccc3)c3cc(Cl)ccc32)cc1. The van der Waals surface area contributed by atoms with Gasteiger partial charge in [-0.3, -0.25) is 14.7 Å². The van der Waals surface area contributed by atoms with Crippen LogP contribution in [0.1, 0.15) is 46.3 Å². The number of aryl methyl sites for hydroxylation is 1. The van der Waals surface area contributed by atoms with E-state index in [9.17, 15) is 0 Å². The number of halogens is 1. The fourth-order valence-electron chi connectivity index (χ4n) is 5.99. The van der Waals surface area contributed by atoms with Gasteiger partial charge < -0.3 is 9.47 Å². The van der Waals surface area contributed by atoms with Gasteiger partial charge in [-0.1, -0.05) is 96.0 Å². The molecule has 0 radical (unpaired) electrons. The number of fused-ring (bicyclic) bond motifs is 1. The lowest BCUT2D eigenvalue weighted by Gasteiger charge is -2.37. The zero-order chi connectivity index (χ0) is 31.6. The second-order valence-corrected chi connectivity index (χ2v) is 12.0. The average molecular weight is 615 g/mol. The van der Waals surface area contributed by atoms with E-state index in [1.165, 1.54) is 0 Å². The quantitative estimate of drug-likeness (QED) is 0.176. The topological polar surface area (TPSA) is 51.1 Å². The van der Waals surface area contributed by atoms with Crippen molar-refractivity contribution >= 4 is 28.9 Å². The monoisotopic (exact) mass is 614 g/mol. The third-order valence-corrected chi connectivity index (χ3v) is 8.58. The molecule has 0 aromatic heterocycles. The van der Waals surface area contributed by atoms with Crippen LogP contribution >= 0.6 is 11.6 Å². The number of carbonyl (C=O) groups is 1. The smallest absolute Gasteiger partial charge is 0.255 e. The summed E-state index contributed by atoms with van der Waals surface area (Å²) < 4.78 is 11.0. The third kappa shape index (κ3) is 6.09. The number of methoxy groups -OCH3 is 2. The number of nitrogens with zero attached hydrogens (tertiary/aromatic N) is 2. The summed E-state index contributed by atoms with van der Waals surface area (Å²) in [5.74, 6) is 1.36. The minimum absolute atomic E-state index is 0.116. The molecule has 1 aliphatic rings. The molecule has 6 heteroatoms. The van der Waals surface area contributed by atoms with Crippen LogP contribution in [0.4, 0.5) is 5.69 Å². The van der Waals surface area contributed by atoms with Gasteiger partial charge in [-0.25, -0.2) is 0 Å². The van der Waals surface area contributed by atoms with Crippen molar-refractivity contribution in [3.05, 3.63) is 160 Å². The molecule has 5 nitrogen and oxygen atoms in total. The fourth-order valence-corrected chi connectivity index (χ4v) is 6.16. The number of benzene rings is 5. The lowest BCUT2D eigenvalue weighted by atomic mass is 9.89. The van der Waals surface area contributed by atoms with Gasteiger partial charge in [-0.05, 0) is 73.0 Å².